The van der Waals surface area contributed by atoms with E-state index in [1.54, 1.807) is 33.8 Å². The fourth-order valence-electron chi connectivity index (χ4n) is 4.47. The third-order valence-electron chi connectivity index (χ3n) is 6.29. The fraction of sp³-hybridized carbons (Fsp3) is 0.286. The molecule has 1 N–H and O–H groups in total. The Bertz CT molecular complexity index is 1880. The summed E-state index contributed by atoms with van der Waals surface area (Å²) < 4.78 is 86.7. The second kappa shape index (κ2) is 11.4. The molecule has 0 radical (unpaired) electrons. The number of hydrogen-bond acceptors (Lipinski definition) is 6. The number of halogens is 4. The van der Waals surface area contributed by atoms with Crippen LogP contribution in [0.25, 0.3) is 16.8 Å². The van der Waals surface area contributed by atoms with Crippen LogP contribution in [0.5, 0.6) is 0 Å². The van der Waals surface area contributed by atoms with E-state index in [-0.39, 0.29) is 33.8 Å². The highest BCUT2D eigenvalue weighted by Crippen LogP contribution is 2.35. The number of hydrogen-bond donors (Lipinski definition) is 1. The van der Waals surface area contributed by atoms with Gasteiger partial charge in [-0.2, -0.15) is 17.9 Å². The Morgan fingerprint density at radius 2 is 1.70 bits per heavy atom. The minimum Gasteiger partial charge on any atom is -0.274 e. The van der Waals surface area contributed by atoms with Gasteiger partial charge in [-0.3, -0.25) is 14.7 Å². The molecule has 4 aromatic rings. The molecule has 0 aliphatic heterocycles. The average Bonchev–Trinajstić information content (AvgIpc) is 3.22. The van der Waals surface area contributed by atoms with E-state index in [1.807, 2.05) is 0 Å². The molecular formula is C28H27F4N5O5S. The summed E-state index contributed by atoms with van der Waals surface area (Å²) in [7, 11) is -3.98. The monoisotopic (exact) mass is 621 g/mol. The third kappa shape index (κ3) is 6.67. The minimum absolute atomic E-state index is 0.0119. The molecule has 228 valence electrons. The average molecular weight is 622 g/mol. The maximum atomic E-state index is 15.4. The lowest BCUT2D eigenvalue weighted by Gasteiger charge is -2.21. The lowest BCUT2D eigenvalue weighted by Crippen LogP contribution is -2.40. The summed E-state index contributed by atoms with van der Waals surface area (Å²) in [6.07, 6.45) is -4.88. The van der Waals surface area contributed by atoms with Gasteiger partial charge in [0.15, 0.2) is 0 Å². The number of non-ortho nitro benzene ring substituents is 1. The van der Waals surface area contributed by atoms with Gasteiger partial charge >= 0.3 is 11.9 Å². The van der Waals surface area contributed by atoms with Crippen LogP contribution in [0, 0.1) is 15.9 Å². The molecule has 0 unspecified atom stereocenters. The maximum absolute atomic E-state index is 15.4. The fourth-order valence-corrected chi connectivity index (χ4v) is 6.12. The number of nitro groups is 1. The van der Waals surface area contributed by atoms with Crippen molar-refractivity contribution in [3.63, 3.8) is 0 Å². The molecular weight excluding hydrogens is 594 g/mol. The summed E-state index contributed by atoms with van der Waals surface area (Å²) in [5.74, 6) is -0.792. The Labute approximate surface area is 243 Å². The van der Waals surface area contributed by atoms with Crippen LogP contribution in [0.3, 0.4) is 0 Å². The highest BCUT2D eigenvalue weighted by molar-refractivity contribution is 7.89. The Morgan fingerprint density at radius 3 is 2.28 bits per heavy atom. The van der Waals surface area contributed by atoms with Gasteiger partial charge in [-0.15, -0.1) is 5.10 Å². The first-order chi connectivity index (χ1) is 19.9. The van der Waals surface area contributed by atoms with Crippen molar-refractivity contribution >= 4 is 15.7 Å². The number of sulfonamides is 1. The van der Waals surface area contributed by atoms with Crippen LogP contribution in [0.2, 0.25) is 0 Å². The van der Waals surface area contributed by atoms with E-state index in [1.165, 1.54) is 30.3 Å². The predicted molar refractivity (Wildman–Crippen MR) is 150 cm³/mol. The van der Waals surface area contributed by atoms with Gasteiger partial charge in [-0.05, 0) is 44.5 Å². The first-order valence-corrected chi connectivity index (χ1v) is 14.4. The molecule has 0 atom stereocenters. The Hall–Kier alpha value is -4.37. The van der Waals surface area contributed by atoms with Crippen LogP contribution in [0.15, 0.2) is 70.4 Å². The maximum Gasteiger partial charge on any atom is 0.418 e. The third-order valence-corrected chi connectivity index (χ3v) is 8.11. The molecule has 4 rings (SSSR count). The van der Waals surface area contributed by atoms with Crippen LogP contribution in [0.1, 0.15) is 44.6 Å². The van der Waals surface area contributed by atoms with Crippen LogP contribution in [-0.2, 0) is 29.2 Å². The van der Waals surface area contributed by atoms with Gasteiger partial charge in [-0.1, -0.05) is 37.3 Å². The van der Waals surface area contributed by atoms with Gasteiger partial charge in [0.2, 0.25) is 10.0 Å². The molecule has 0 saturated heterocycles. The van der Waals surface area contributed by atoms with Crippen LogP contribution < -0.4 is 10.4 Å². The first kappa shape index (κ1) is 31.6. The topological polar surface area (TPSA) is 129 Å². The Kier molecular flexibility index (Phi) is 8.35. The first-order valence-electron chi connectivity index (χ1n) is 12.9. The Morgan fingerprint density at radius 1 is 1.02 bits per heavy atom. The molecule has 0 fully saturated rings. The molecule has 15 heteroatoms. The summed E-state index contributed by atoms with van der Waals surface area (Å²) >= 11 is 0. The van der Waals surface area contributed by atoms with Crippen molar-refractivity contribution in [1.82, 2.24) is 19.1 Å². The van der Waals surface area contributed by atoms with E-state index in [9.17, 15) is 36.5 Å². The van der Waals surface area contributed by atoms with Gasteiger partial charge in [0.1, 0.15) is 11.6 Å². The summed E-state index contributed by atoms with van der Waals surface area (Å²) in [5, 5.41) is 15.2. The smallest absolute Gasteiger partial charge is 0.274 e. The minimum atomic E-state index is -4.95. The standard InChI is InChI=1S/C28H27F4N5O5S/c1-5-25-33-36(23-15-19(37(39)40)12-13-21(23)28(30,31)32)26(38)35(25)16-18-11-10-17(14-22(18)29)20-8-6-7-9-24(20)43(41,42)34-27(2,3)4/h6-15,34H,5,16H2,1-4H3. The van der Waals surface area contributed by atoms with Crippen LogP contribution in [-0.4, -0.2) is 33.2 Å². The van der Waals surface area contributed by atoms with Crippen molar-refractivity contribution in [3.05, 3.63) is 104 Å². The second-order valence-corrected chi connectivity index (χ2v) is 12.3. The number of nitrogens with zero attached hydrogens (tertiary/aromatic N) is 4. The summed E-state index contributed by atoms with van der Waals surface area (Å²) in [6, 6.07) is 11.7. The van der Waals surface area contributed by atoms with E-state index < -0.39 is 61.7 Å². The van der Waals surface area contributed by atoms with Crippen molar-refractivity contribution in [2.75, 3.05) is 0 Å². The summed E-state index contributed by atoms with van der Waals surface area (Å²) in [4.78, 5) is 23.6. The highest BCUT2D eigenvalue weighted by Gasteiger charge is 2.36. The van der Waals surface area contributed by atoms with E-state index in [0.29, 0.717) is 22.9 Å². The predicted octanol–water partition coefficient (Wildman–Crippen LogP) is 5.45. The van der Waals surface area contributed by atoms with Crippen molar-refractivity contribution < 1.29 is 30.9 Å². The number of rotatable bonds is 8. The van der Waals surface area contributed by atoms with Gasteiger partial charge < -0.3 is 0 Å². The quantitative estimate of drug-likeness (QED) is 0.158. The Balaban J connectivity index is 1.77. The molecule has 0 saturated carbocycles. The number of aromatic nitrogens is 3. The SMILES string of the molecule is CCc1nn(-c2cc([N+](=O)[O-])ccc2C(F)(F)F)c(=O)n1Cc1ccc(-c2ccccc2S(=O)(=O)NC(C)(C)C)cc1F. The molecule has 1 aromatic heterocycles. The molecule has 43 heavy (non-hydrogen) atoms. The zero-order chi connectivity index (χ0) is 31.9. The van der Waals surface area contributed by atoms with Crippen LogP contribution in [0.4, 0.5) is 23.2 Å². The van der Waals surface area contributed by atoms with E-state index in [4.69, 9.17) is 0 Å². The number of alkyl halides is 3. The summed E-state index contributed by atoms with van der Waals surface area (Å²) in [5.41, 5.74) is -4.21. The molecule has 0 aliphatic carbocycles. The normalized spacial score (nSPS) is 12.5. The van der Waals surface area contributed by atoms with Gasteiger partial charge in [0, 0.05) is 35.2 Å². The number of nitrogens with one attached hydrogen (secondary N) is 1. The van der Waals surface area contributed by atoms with E-state index >= 15 is 4.39 Å². The molecule has 3 aromatic carbocycles. The molecule has 0 bridgehead atoms. The van der Waals surface area contributed by atoms with Crippen molar-refractivity contribution in [1.29, 1.82) is 0 Å². The zero-order valence-corrected chi connectivity index (χ0v) is 24.3. The largest absolute Gasteiger partial charge is 0.418 e. The molecule has 1 heterocycles. The van der Waals surface area contributed by atoms with E-state index in [0.717, 1.165) is 10.6 Å². The van der Waals surface area contributed by atoms with Gasteiger partial charge in [0.05, 0.1) is 27.6 Å². The number of aryl methyl sites for hydroxylation is 1. The van der Waals surface area contributed by atoms with E-state index in [2.05, 4.69) is 9.82 Å². The number of nitro benzene ring substituents is 1. The van der Waals surface area contributed by atoms with Crippen LogP contribution >= 0.6 is 0 Å². The molecule has 10 nitrogen and oxygen atoms in total. The summed E-state index contributed by atoms with van der Waals surface area (Å²) in [6.45, 7) is 6.21. The van der Waals surface area contributed by atoms with Crippen molar-refractivity contribution in [2.24, 2.45) is 0 Å². The van der Waals surface area contributed by atoms with Crippen molar-refractivity contribution in [3.8, 4) is 16.8 Å². The second-order valence-electron chi connectivity index (χ2n) is 10.7. The number of benzene rings is 3. The molecule has 0 aliphatic rings. The zero-order valence-electron chi connectivity index (χ0n) is 23.4. The molecule has 0 spiro atoms. The van der Waals surface area contributed by atoms with Crippen molar-refractivity contribution in [2.45, 2.75) is 57.3 Å². The van der Waals surface area contributed by atoms with Gasteiger partial charge in [0.25, 0.3) is 5.69 Å². The lowest BCUT2D eigenvalue weighted by atomic mass is 10.0. The molecule has 0 amide bonds. The highest BCUT2D eigenvalue weighted by atomic mass is 32.2. The van der Waals surface area contributed by atoms with Gasteiger partial charge in [-0.25, -0.2) is 22.3 Å². The lowest BCUT2D eigenvalue weighted by molar-refractivity contribution is -0.384.